The summed E-state index contributed by atoms with van der Waals surface area (Å²) in [5, 5.41) is 3.71. The Labute approximate surface area is 131 Å². The molecule has 0 aliphatic carbocycles. The van der Waals surface area contributed by atoms with Gasteiger partial charge in [0.25, 0.3) is 0 Å². The number of thiophene rings is 1. The average molecular weight is 317 g/mol. The summed E-state index contributed by atoms with van der Waals surface area (Å²) in [6, 6.07) is 4.46. The summed E-state index contributed by atoms with van der Waals surface area (Å²) >= 11 is 7.81. The van der Waals surface area contributed by atoms with Crippen LogP contribution >= 0.6 is 22.9 Å². The molecule has 1 aromatic heterocycles. The SMILES string of the molecule is CCCNC(c1ccc(Cl)s1)C(C)(C)N1CCOCC1. The van der Waals surface area contributed by atoms with Crippen molar-refractivity contribution in [3.05, 3.63) is 21.3 Å². The molecule has 0 radical (unpaired) electrons. The number of hydrogen-bond donors (Lipinski definition) is 1. The van der Waals surface area contributed by atoms with Gasteiger partial charge in [0.1, 0.15) is 0 Å². The van der Waals surface area contributed by atoms with E-state index in [1.165, 1.54) is 4.88 Å². The van der Waals surface area contributed by atoms with Gasteiger partial charge in [-0.2, -0.15) is 0 Å². The number of halogens is 1. The second kappa shape index (κ2) is 7.23. The third-order valence-electron chi connectivity index (χ3n) is 4.01. The van der Waals surface area contributed by atoms with Crippen LogP contribution in [-0.4, -0.2) is 43.3 Å². The lowest BCUT2D eigenvalue weighted by molar-refractivity contribution is -0.0233. The monoisotopic (exact) mass is 316 g/mol. The highest BCUT2D eigenvalue weighted by molar-refractivity contribution is 7.16. The molecule has 0 bridgehead atoms. The first kappa shape index (κ1) is 16.2. The number of hydrogen-bond acceptors (Lipinski definition) is 4. The summed E-state index contributed by atoms with van der Waals surface area (Å²) in [5.41, 5.74) is 0.0487. The van der Waals surface area contributed by atoms with Crippen molar-refractivity contribution in [1.29, 1.82) is 0 Å². The van der Waals surface area contributed by atoms with Gasteiger partial charge < -0.3 is 10.1 Å². The van der Waals surface area contributed by atoms with Crippen molar-refractivity contribution < 1.29 is 4.74 Å². The fraction of sp³-hybridized carbons (Fsp3) is 0.733. The zero-order valence-corrected chi connectivity index (χ0v) is 14.2. The molecule has 20 heavy (non-hydrogen) atoms. The molecular formula is C15H25ClN2OS. The van der Waals surface area contributed by atoms with Crippen LogP contribution in [-0.2, 0) is 4.74 Å². The van der Waals surface area contributed by atoms with Crippen LogP contribution in [0.5, 0.6) is 0 Å². The Kier molecular flexibility index (Phi) is 5.87. The molecule has 3 nitrogen and oxygen atoms in total. The Hall–Kier alpha value is -0.130. The zero-order valence-electron chi connectivity index (χ0n) is 12.6. The van der Waals surface area contributed by atoms with Crippen molar-refractivity contribution >= 4 is 22.9 Å². The molecule has 1 unspecified atom stereocenters. The van der Waals surface area contributed by atoms with Crippen LogP contribution in [0.4, 0.5) is 0 Å². The van der Waals surface area contributed by atoms with Crippen molar-refractivity contribution in [3.63, 3.8) is 0 Å². The van der Waals surface area contributed by atoms with Crippen molar-refractivity contribution in [3.8, 4) is 0 Å². The van der Waals surface area contributed by atoms with Gasteiger partial charge in [-0.05, 0) is 38.9 Å². The van der Waals surface area contributed by atoms with Crippen LogP contribution < -0.4 is 5.32 Å². The van der Waals surface area contributed by atoms with Crippen LogP contribution in [0.2, 0.25) is 4.34 Å². The zero-order chi connectivity index (χ0) is 14.6. The number of nitrogens with one attached hydrogen (secondary N) is 1. The summed E-state index contributed by atoms with van der Waals surface area (Å²) in [7, 11) is 0. The lowest BCUT2D eigenvalue weighted by Gasteiger charge is -2.45. The first-order valence-corrected chi connectivity index (χ1v) is 8.56. The molecule has 2 rings (SSSR count). The van der Waals surface area contributed by atoms with E-state index in [1.54, 1.807) is 11.3 Å². The van der Waals surface area contributed by atoms with Crippen LogP contribution in [0, 0.1) is 0 Å². The highest BCUT2D eigenvalue weighted by Gasteiger charge is 2.37. The van der Waals surface area contributed by atoms with E-state index in [1.807, 2.05) is 6.07 Å². The predicted molar refractivity (Wildman–Crippen MR) is 86.8 cm³/mol. The van der Waals surface area contributed by atoms with E-state index in [4.69, 9.17) is 16.3 Å². The Balaban J connectivity index is 2.19. The molecule has 0 saturated carbocycles. The average Bonchev–Trinajstić information content (AvgIpc) is 2.86. The second-order valence-corrected chi connectivity index (χ2v) is 7.53. The standard InChI is InChI=1S/C15H25ClN2OS/c1-4-7-17-14(12-5-6-13(16)20-12)15(2,3)18-8-10-19-11-9-18/h5-6,14,17H,4,7-11H2,1-3H3. The van der Waals surface area contributed by atoms with Crippen LogP contribution in [0.15, 0.2) is 12.1 Å². The molecule has 0 aromatic carbocycles. The largest absolute Gasteiger partial charge is 0.379 e. The Morgan fingerprint density at radius 1 is 1.40 bits per heavy atom. The fourth-order valence-electron chi connectivity index (χ4n) is 2.79. The third kappa shape index (κ3) is 3.74. The highest BCUT2D eigenvalue weighted by Crippen LogP contribution is 2.36. The second-order valence-electron chi connectivity index (χ2n) is 5.78. The van der Waals surface area contributed by atoms with Gasteiger partial charge in [0.2, 0.25) is 0 Å². The number of morpholine rings is 1. The summed E-state index contributed by atoms with van der Waals surface area (Å²) < 4.78 is 6.35. The first-order chi connectivity index (χ1) is 9.55. The number of nitrogens with zero attached hydrogens (tertiary/aromatic N) is 1. The Bertz CT molecular complexity index is 416. The maximum Gasteiger partial charge on any atom is 0.0931 e. The summed E-state index contributed by atoms with van der Waals surface area (Å²) in [4.78, 5) is 3.84. The maximum absolute atomic E-state index is 6.13. The predicted octanol–water partition coefficient (Wildman–Crippen LogP) is 3.55. The van der Waals surface area contributed by atoms with E-state index in [9.17, 15) is 0 Å². The van der Waals surface area contributed by atoms with Gasteiger partial charge in [0, 0.05) is 23.5 Å². The minimum absolute atomic E-state index is 0.0487. The first-order valence-electron chi connectivity index (χ1n) is 7.37. The van der Waals surface area contributed by atoms with Crippen molar-refractivity contribution in [1.82, 2.24) is 10.2 Å². The van der Waals surface area contributed by atoms with Crippen LogP contribution in [0.1, 0.15) is 38.1 Å². The summed E-state index contributed by atoms with van der Waals surface area (Å²) in [5.74, 6) is 0. The molecule has 1 N–H and O–H groups in total. The van der Waals surface area contributed by atoms with Gasteiger partial charge in [-0.25, -0.2) is 0 Å². The van der Waals surface area contributed by atoms with E-state index < -0.39 is 0 Å². The van der Waals surface area contributed by atoms with E-state index in [0.717, 1.165) is 43.6 Å². The molecule has 1 aliphatic rings. The van der Waals surface area contributed by atoms with Crippen molar-refractivity contribution in [2.75, 3.05) is 32.8 Å². The van der Waals surface area contributed by atoms with Gasteiger partial charge in [0.05, 0.1) is 23.6 Å². The molecule has 0 spiro atoms. The smallest absolute Gasteiger partial charge is 0.0931 e. The molecule has 1 saturated heterocycles. The van der Waals surface area contributed by atoms with Gasteiger partial charge in [-0.3, -0.25) is 4.90 Å². The van der Waals surface area contributed by atoms with Gasteiger partial charge in [-0.15, -0.1) is 11.3 Å². The van der Waals surface area contributed by atoms with Crippen LogP contribution in [0.3, 0.4) is 0 Å². The third-order valence-corrected chi connectivity index (χ3v) is 5.31. The van der Waals surface area contributed by atoms with E-state index in [2.05, 4.69) is 37.1 Å². The van der Waals surface area contributed by atoms with Gasteiger partial charge >= 0.3 is 0 Å². The van der Waals surface area contributed by atoms with E-state index >= 15 is 0 Å². The lowest BCUT2D eigenvalue weighted by atomic mass is 9.90. The van der Waals surface area contributed by atoms with Crippen LogP contribution in [0.25, 0.3) is 0 Å². The topological polar surface area (TPSA) is 24.5 Å². The molecule has 1 fully saturated rings. The molecule has 1 atom stereocenters. The molecule has 2 heterocycles. The minimum Gasteiger partial charge on any atom is -0.379 e. The van der Waals surface area contributed by atoms with E-state index in [-0.39, 0.29) is 5.54 Å². The Morgan fingerprint density at radius 2 is 2.10 bits per heavy atom. The highest BCUT2D eigenvalue weighted by atomic mass is 35.5. The van der Waals surface area contributed by atoms with E-state index in [0.29, 0.717) is 6.04 Å². The molecule has 0 amide bonds. The lowest BCUT2D eigenvalue weighted by Crippen LogP contribution is -2.56. The Morgan fingerprint density at radius 3 is 2.65 bits per heavy atom. The summed E-state index contributed by atoms with van der Waals surface area (Å²) in [6.45, 7) is 11.5. The fourth-order valence-corrected chi connectivity index (χ4v) is 4.11. The van der Waals surface area contributed by atoms with Gasteiger partial charge in [-0.1, -0.05) is 18.5 Å². The molecular weight excluding hydrogens is 292 g/mol. The minimum atomic E-state index is 0.0487. The van der Waals surface area contributed by atoms with Crippen molar-refractivity contribution in [2.24, 2.45) is 0 Å². The summed E-state index contributed by atoms with van der Waals surface area (Å²) in [6.07, 6.45) is 1.13. The number of ether oxygens (including phenoxy) is 1. The normalized spacial score (nSPS) is 19.2. The molecule has 5 heteroatoms. The molecule has 1 aromatic rings. The quantitative estimate of drug-likeness (QED) is 0.868. The van der Waals surface area contributed by atoms with Gasteiger partial charge in [0.15, 0.2) is 0 Å². The molecule has 1 aliphatic heterocycles. The molecule has 114 valence electrons. The van der Waals surface area contributed by atoms with Crippen molar-refractivity contribution in [2.45, 2.75) is 38.8 Å². The number of rotatable bonds is 6. The maximum atomic E-state index is 6.13.